The number of carbonyl (C=O) groups is 3. The van der Waals surface area contributed by atoms with Gasteiger partial charge in [0, 0.05) is 20.1 Å². The lowest BCUT2D eigenvalue weighted by atomic mass is 9.99. The third-order valence-corrected chi connectivity index (χ3v) is 6.23. The van der Waals surface area contributed by atoms with E-state index in [1.54, 1.807) is 13.8 Å². The largest absolute Gasteiger partial charge is 0.346 e. The van der Waals surface area contributed by atoms with E-state index < -0.39 is 39.8 Å². The van der Waals surface area contributed by atoms with Crippen LogP contribution in [0.3, 0.4) is 0 Å². The molecule has 2 saturated heterocycles. The fraction of sp³-hybridized carbons (Fsp3) is 0.769. The van der Waals surface area contributed by atoms with Gasteiger partial charge in [-0.1, -0.05) is 0 Å². The normalized spacial score (nSPS) is 26.7. The standard InChI is InChI=1S/C13H22N4O5S/c1-4-23(21,22)16-7-5-6-10(8-16)11(18)14-17-12(19)9(2)15(3)13(17)20/h9-10H,4-8H2,1-3H3,(H,14,18). The summed E-state index contributed by atoms with van der Waals surface area (Å²) in [6.07, 6.45) is 1.08. The van der Waals surface area contributed by atoms with E-state index in [4.69, 9.17) is 0 Å². The van der Waals surface area contributed by atoms with E-state index in [0.29, 0.717) is 24.4 Å². The van der Waals surface area contributed by atoms with Crippen molar-refractivity contribution in [3.63, 3.8) is 0 Å². The first-order valence-corrected chi connectivity index (χ1v) is 9.19. The molecule has 9 nitrogen and oxygen atoms in total. The van der Waals surface area contributed by atoms with Crippen LogP contribution in [0.2, 0.25) is 0 Å². The third-order valence-electron chi connectivity index (χ3n) is 4.39. The summed E-state index contributed by atoms with van der Waals surface area (Å²) in [5.41, 5.74) is 2.33. The molecule has 0 aromatic rings. The molecule has 130 valence electrons. The lowest BCUT2D eigenvalue weighted by Gasteiger charge is -2.31. The zero-order valence-corrected chi connectivity index (χ0v) is 14.3. The summed E-state index contributed by atoms with van der Waals surface area (Å²) < 4.78 is 25.1. The van der Waals surface area contributed by atoms with E-state index in [1.807, 2.05) is 0 Å². The smallest absolute Gasteiger partial charge is 0.314 e. The topological polar surface area (TPSA) is 107 Å². The molecule has 0 bridgehead atoms. The van der Waals surface area contributed by atoms with Crippen molar-refractivity contribution in [3.8, 4) is 0 Å². The highest BCUT2D eigenvalue weighted by Gasteiger charge is 2.42. The van der Waals surface area contributed by atoms with E-state index >= 15 is 0 Å². The Balaban J connectivity index is 2.04. The molecule has 4 amide bonds. The van der Waals surface area contributed by atoms with Crippen molar-refractivity contribution in [1.29, 1.82) is 0 Å². The molecule has 0 aromatic heterocycles. The van der Waals surface area contributed by atoms with Crippen LogP contribution in [-0.2, 0) is 19.6 Å². The molecule has 23 heavy (non-hydrogen) atoms. The number of piperidine rings is 1. The number of hydrogen-bond donors (Lipinski definition) is 1. The Morgan fingerprint density at radius 2 is 2.00 bits per heavy atom. The molecule has 2 unspecified atom stereocenters. The second kappa shape index (κ2) is 6.44. The Hall–Kier alpha value is -1.68. The lowest BCUT2D eigenvalue weighted by molar-refractivity contribution is -0.139. The van der Waals surface area contributed by atoms with Gasteiger partial charge in [0.05, 0.1) is 11.7 Å². The van der Waals surface area contributed by atoms with E-state index in [0.717, 1.165) is 0 Å². The fourth-order valence-electron chi connectivity index (χ4n) is 2.67. The third kappa shape index (κ3) is 3.32. The number of imide groups is 1. The summed E-state index contributed by atoms with van der Waals surface area (Å²) in [6, 6.07) is -1.23. The lowest BCUT2D eigenvalue weighted by Crippen LogP contribution is -2.52. The minimum absolute atomic E-state index is 0.0211. The first-order valence-electron chi connectivity index (χ1n) is 7.58. The molecular weight excluding hydrogens is 324 g/mol. The number of hydrogen-bond acceptors (Lipinski definition) is 5. The van der Waals surface area contributed by atoms with E-state index in [-0.39, 0.29) is 12.3 Å². The highest BCUT2D eigenvalue weighted by molar-refractivity contribution is 7.89. The number of likely N-dealkylation sites (N-methyl/N-ethyl adjacent to an activating group) is 1. The predicted octanol–water partition coefficient (Wildman–Crippen LogP) is -0.638. The SMILES string of the molecule is CCS(=O)(=O)N1CCCC(C(=O)NN2C(=O)C(C)N(C)C2=O)C1. The molecule has 0 spiro atoms. The van der Waals surface area contributed by atoms with E-state index in [2.05, 4.69) is 5.43 Å². The molecule has 2 fully saturated rings. The fourth-order valence-corrected chi connectivity index (χ4v) is 3.85. The quantitative estimate of drug-likeness (QED) is 0.682. The summed E-state index contributed by atoms with van der Waals surface area (Å²) in [6.45, 7) is 3.59. The van der Waals surface area contributed by atoms with Gasteiger partial charge in [0.15, 0.2) is 0 Å². The zero-order valence-electron chi connectivity index (χ0n) is 13.5. The number of hydrazine groups is 1. The average molecular weight is 346 g/mol. The second-order valence-electron chi connectivity index (χ2n) is 5.82. The maximum atomic E-state index is 12.3. The molecule has 10 heteroatoms. The summed E-state index contributed by atoms with van der Waals surface area (Å²) in [5.74, 6) is -1.61. The Bertz CT molecular complexity index is 600. The zero-order chi connectivity index (χ0) is 17.4. The van der Waals surface area contributed by atoms with Crippen molar-refractivity contribution >= 4 is 27.9 Å². The van der Waals surface area contributed by atoms with Crippen LogP contribution in [-0.4, -0.2) is 72.4 Å². The number of urea groups is 1. The van der Waals surface area contributed by atoms with Gasteiger partial charge in [-0.15, -0.1) is 0 Å². The minimum atomic E-state index is -3.36. The Labute approximate surface area is 135 Å². The number of amides is 4. The van der Waals surface area contributed by atoms with Gasteiger partial charge in [0.2, 0.25) is 15.9 Å². The predicted molar refractivity (Wildman–Crippen MR) is 81.4 cm³/mol. The molecule has 0 saturated carbocycles. The van der Waals surface area contributed by atoms with Crippen molar-refractivity contribution in [2.45, 2.75) is 32.7 Å². The molecule has 0 radical (unpaired) electrons. The van der Waals surface area contributed by atoms with Crippen LogP contribution in [0.25, 0.3) is 0 Å². The van der Waals surface area contributed by atoms with Crippen molar-refractivity contribution in [1.82, 2.24) is 19.6 Å². The molecule has 2 aliphatic rings. The molecule has 2 aliphatic heterocycles. The van der Waals surface area contributed by atoms with Gasteiger partial charge in [0.25, 0.3) is 5.91 Å². The molecule has 0 aromatic carbocycles. The number of nitrogens with zero attached hydrogens (tertiary/aromatic N) is 3. The summed E-state index contributed by atoms with van der Waals surface area (Å²) in [5, 5.41) is 0.709. The van der Waals surface area contributed by atoms with Gasteiger partial charge in [-0.25, -0.2) is 17.5 Å². The number of sulfonamides is 1. The second-order valence-corrected chi connectivity index (χ2v) is 8.07. The summed E-state index contributed by atoms with van der Waals surface area (Å²) in [4.78, 5) is 37.4. The summed E-state index contributed by atoms with van der Waals surface area (Å²) >= 11 is 0. The molecule has 2 rings (SSSR count). The number of rotatable bonds is 4. The average Bonchev–Trinajstić information content (AvgIpc) is 2.72. The number of carbonyl (C=O) groups excluding carboxylic acids is 3. The highest BCUT2D eigenvalue weighted by Crippen LogP contribution is 2.20. The van der Waals surface area contributed by atoms with Crippen LogP contribution in [0.15, 0.2) is 0 Å². The monoisotopic (exact) mass is 346 g/mol. The highest BCUT2D eigenvalue weighted by atomic mass is 32.2. The Kier molecular flexibility index (Phi) is 4.95. The Morgan fingerprint density at radius 1 is 1.35 bits per heavy atom. The van der Waals surface area contributed by atoms with Gasteiger partial charge in [-0.2, -0.15) is 5.01 Å². The molecule has 2 atom stereocenters. The van der Waals surface area contributed by atoms with Crippen LogP contribution < -0.4 is 5.43 Å². The number of nitrogens with one attached hydrogen (secondary N) is 1. The first kappa shape index (κ1) is 17.7. The van der Waals surface area contributed by atoms with Crippen LogP contribution in [0.4, 0.5) is 4.79 Å². The van der Waals surface area contributed by atoms with Crippen molar-refractivity contribution < 1.29 is 22.8 Å². The van der Waals surface area contributed by atoms with Gasteiger partial charge in [0.1, 0.15) is 6.04 Å². The van der Waals surface area contributed by atoms with Gasteiger partial charge in [-0.05, 0) is 26.7 Å². The molecular formula is C13H22N4O5S. The molecule has 1 N–H and O–H groups in total. The Morgan fingerprint density at radius 3 is 2.52 bits per heavy atom. The van der Waals surface area contributed by atoms with Crippen molar-refractivity contribution in [2.24, 2.45) is 5.92 Å². The van der Waals surface area contributed by atoms with Crippen LogP contribution >= 0.6 is 0 Å². The molecule has 2 heterocycles. The van der Waals surface area contributed by atoms with Crippen LogP contribution in [0.1, 0.15) is 26.7 Å². The first-order chi connectivity index (χ1) is 10.7. The van der Waals surface area contributed by atoms with Gasteiger partial charge >= 0.3 is 6.03 Å². The van der Waals surface area contributed by atoms with Gasteiger partial charge in [-0.3, -0.25) is 15.0 Å². The maximum Gasteiger partial charge on any atom is 0.346 e. The summed E-state index contributed by atoms with van der Waals surface area (Å²) in [7, 11) is -1.88. The van der Waals surface area contributed by atoms with Crippen molar-refractivity contribution in [2.75, 3.05) is 25.9 Å². The van der Waals surface area contributed by atoms with Crippen LogP contribution in [0, 0.1) is 5.92 Å². The van der Waals surface area contributed by atoms with Crippen LogP contribution in [0.5, 0.6) is 0 Å². The van der Waals surface area contributed by atoms with Gasteiger partial charge < -0.3 is 4.90 Å². The molecule has 0 aliphatic carbocycles. The van der Waals surface area contributed by atoms with E-state index in [9.17, 15) is 22.8 Å². The minimum Gasteiger partial charge on any atom is -0.314 e. The maximum absolute atomic E-state index is 12.3. The van der Waals surface area contributed by atoms with E-state index in [1.165, 1.54) is 16.3 Å². The van der Waals surface area contributed by atoms with Crippen molar-refractivity contribution in [3.05, 3.63) is 0 Å².